The molecule has 0 spiro atoms. The van der Waals surface area contributed by atoms with Gasteiger partial charge in [0, 0.05) is 17.9 Å². The van der Waals surface area contributed by atoms with Crippen molar-refractivity contribution in [3.8, 4) is 0 Å². The van der Waals surface area contributed by atoms with Gasteiger partial charge in [0.2, 0.25) is 5.91 Å². The smallest absolute Gasteiger partial charge is 0.346 e. The van der Waals surface area contributed by atoms with E-state index >= 15 is 0 Å². The zero-order valence-electron chi connectivity index (χ0n) is 21.1. The maximum atomic E-state index is 13.1. The number of nitrogens with one attached hydrogen (secondary N) is 2. The molecule has 10 heteroatoms. The molecule has 2 N–H and O–H groups in total. The second-order valence-corrected chi connectivity index (χ2v) is 12.3. The van der Waals surface area contributed by atoms with Gasteiger partial charge in [-0.3, -0.25) is 9.59 Å². The van der Waals surface area contributed by atoms with Crippen LogP contribution >= 0.6 is 0 Å². The standard InChI is InChI=1S/C29H27F3N2O4S/c1-39(37,38)25-16-20(29(30,31)32)10-13-22(25)26(35)33-21-11-8-19(9-12-21)28(14-5-15-28)34-27(36)24-17-23(24)18-6-3-2-4-7-18/h2-4,6-13,16,23-24H,5,14-15,17H2,1H3,(H,33,35)(H,34,36). The van der Waals surface area contributed by atoms with Gasteiger partial charge in [0.15, 0.2) is 9.84 Å². The summed E-state index contributed by atoms with van der Waals surface area (Å²) in [6, 6.07) is 18.8. The van der Waals surface area contributed by atoms with Crippen LogP contribution in [0, 0.1) is 5.92 Å². The molecule has 0 heterocycles. The molecule has 2 aliphatic carbocycles. The lowest BCUT2D eigenvalue weighted by Gasteiger charge is -2.43. The molecule has 0 bridgehead atoms. The predicted octanol–water partition coefficient (Wildman–Crippen LogP) is 5.66. The number of rotatable bonds is 7. The van der Waals surface area contributed by atoms with Crippen molar-refractivity contribution >= 4 is 27.3 Å². The fourth-order valence-corrected chi connectivity index (χ4v) is 6.06. The van der Waals surface area contributed by atoms with E-state index in [0.29, 0.717) is 17.8 Å². The monoisotopic (exact) mass is 556 g/mol. The molecular weight excluding hydrogens is 529 g/mol. The average molecular weight is 557 g/mol. The summed E-state index contributed by atoms with van der Waals surface area (Å²) < 4.78 is 63.6. The van der Waals surface area contributed by atoms with Crippen LogP contribution in [0.25, 0.3) is 0 Å². The number of hydrogen-bond donors (Lipinski definition) is 2. The normalized spacial score (nSPS) is 20.0. The molecule has 3 aromatic carbocycles. The Balaban J connectivity index is 1.29. The summed E-state index contributed by atoms with van der Waals surface area (Å²) in [5.74, 6) is -0.653. The molecule has 2 aliphatic rings. The first-order chi connectivity index (χ1) is 18.4. The van der Waals surface area contributed by atoms with E-state index in [9.17, 15) is 31.2 Å². The van der Waals surface area contributed by atoms with Gasteiger partial charge in [-0.1, -0.05) is 42.5 Å². The zero-order chi connectivity index (χ0) is 28.0. The average Bonchev–Trinajstić information content (AvgIpc) is 3.67. The first-order valence-corrected chi connectivity index (χ1v) is 14.5. The summed E-state index contributed by atoms with van der Waals surface area (Å²) >= 11 is 0. The molecule has 0 radical (unpaired) electrons. The van der Waals surface area contributed by atoms with E-state index in [1.54, 1.807) is 24.3 Å². The molecule has 2 atom stereocenters. The summed E-state index contributed by atoms with van der Waals surface area (Å²) in [7, 11) is -4.11. The molecule has 3 aromatic rings. The van der Waals surface area contributed by atoms with E-state index < -0.39 is 37.9 Å². The van der Waals surface area contributed by atoms with Gasteiger partial charge >= 0.3 is 6.18 Å². The number of amides is 2. The molecule has 0 aliphatic heterocycles. The van der Waals surface area contributed by atoms with E-state index in [1.165, 1.54) is 0 Å². The summed E-state index contributed by atoms with van der Waals surface area (Å²) in [6.45, 7) is 0. The van der Waals surface area contributed by atoms with Crippen LogP contribution in [0.4, 0.5) is 18.9 Å². The second kappa shape index (κ2) is 9.82. The third-order valence-corrected chi connectivity index (χ3v) is 8.71. The van der Waals surface area contributed by atoms with Crippen molar-refractivity contribution in [1.29, 1.82) is 0 Å². The minimum Gasteiger partial charge on any atom is -0.346 e. The van der Waals surface area contributed by atoms with Crippen molar-refractivity contribution in [2.45, 2.75) is 48.2 Å². The van der Waals surface area contributed by atoms with Crippen LogP contribution in [0.2, 0.25) is 0 Å². The lowest BCUT2D eigenvalue weighted by molar-refractivity contribution is -0.137. The maximum absolute atomic E-state index is 13.1. The van der Waals surface area contributed by atoms with Crippen molar-refractivity contribution in [2.24, 2.45) is 5.92 Å². The van der Waals surface area contributed by atoms with E-state index in [4.69, 9.17) is 0 Å². The third-order valence-electron chi connectivity index (χ3n) is 7.57. The number of benzene rings is 3. The van der Waals surface area contributed by atoms with Crippen LogP contribution in [-0.2, 0) is 26.3 Å². The fourth-order valence-electron chi connectivity index (χ4n) is 5.16. The Labute approximate surface area is 224 Å². The van der Waals surface area contributed by atoms with Gasteiger partial charge in [-0.25, -0.2) is 8.42 Å². The number of sulfone groups is 1. The Bertz CT molecular complexity index is 1520. The van der Waals surface area contributed by atoms with Crippen molar-refractivity contribution in [3.05, 3.63) is 95.1 Å². The highest BCUT2D eigenvalue weighted by Crippen LogP contribution is 2.49. The quantitative estimate of drug-likeness (QED) is 0.393. The molecule has 5 rings (SSSR count). The molecule has 0 aromatic heterocycles. The third kappa shape index (κ3) is 5.56. The van der Waals surface area contributed by atoms with Gasteiger partial charge in [0.1, 0.15) is 0 Å². The van der Waals surface area contributed by atoms with Crippen LogP contribution in [0.5, 0.6) is 0 Å². The lowest BCUT2D eigenvalue weighted by Crippen LogP contribution is -2.51. The Hall–Kier alpha value is -3.66. The van der Waals surface area contributed by atoms with Crippen LogP contribution in [0.1, 0.15) is 58.6 Å². The second-order valence-electron chi connectivity index (χ2n) is 10.3. The largest absolute Gasteiger partial charge is 0.416 e. The van der Waals surface area contributed by atoms with Gasteiger partial charge in [-0.2, -0.15) is 13.2 Å². The summed E-state index contributed by atoms with van der Waals surface area (Å²) in [5.41, 5.74) is 0.374. The number of carbonyl (C=O) groups excluding carboxylic acids is 2. The Morgan fingerprint density at radius 3 is 2.18 bits per heavy atom. The molecule has 39 heavy (non-hydrogen) atoms. The number of halogens is 3. The molecule has 0 saturated heterocycles. The minimum absolute atomic E-state index is 0.0246. The Morgan fingerprint density at radius 2 is 1.62 bits per heavy atom. The molecule has 204 valence electrons. The molecule has 2 unspecified atom stereocenters. The van der Waals surface area contributed by atoms with Crippen molar-refractivity contribution in [2.75, 3.05) is 11.6 Å². The Kier molecular flexibility index (Phi) is 6.78. The van der Waals surface area contributed by atoms with Gasteiger partial charge in [0.05, 0.1) is 21.6 Å². The van der Waals surface area contributed by atoms with Crippen LogP contribution in [0.3, 0.4) is 0 Å². The van der Waals surface area contributed by atoms with E-state index in [-0.39, 0.29) is 23.3 Å². The summed E-state index contributed by atoms with van der Waals surface area (Å²) in [5, 5.41) is 5.82. The summed E-state index contributed by atoms with van der Waals surface area (Å²) in [6.07, 6.45) is -0.639. The highest BCUT2D eigenvalue weighted by atomic mass is 32.2. The number of alkyl halides is 3. The van der Waals surface area contributed by atoms with Crippen molar-refractivity contribution in [1.82, 2.24) is 5.32 Å². The van der Waals surface area contributed by atoms with Crippen LogP contribution < -0.4 is 10.6 Å². The van der Waals surface area contributed by atoms with Gasteiger partial charge in [-0.15, -0.1) is 0 Å². The van der Waals surface area contributed by atoms with Crippen molar-refractivity contribution in [3.63, 3.8) is 0 Å². The predicted molar refractivity (Wildman–Crippen MR) is 140 cm³/mol. The van der Waals surface area contributed by atoms with E-state index in [2.05, 4.69) is 10.6 Å². The highest BCUT2D eigenvalue weighted by Gasteiger charge is 2.48. The van der Waals surface area contributed by atoms with Gasteiger partial charge in [0.25, 0.3) is 5.91 Å². The first-order valence-electron chi connectivity index (χ1n) is 12.6. The number of hydrogen-bond acceptors (Lipinski definition) is 4. The first kappa shape index (κ1) is 26.9. The van der Waals surface area contributed by atoms with Gasteiger partial charge < -0.3 is 10.6 Å². The molecule has 2 amide bonds. The molecule has 2 saturated carbocycles. The molecule has 2 fully saturated rings. The SMILES string of the molecule is CS(=O)(=O)c1cc(C(F)(F)F)ccc1C(=O)Nc1ccc(C2(NC(=O)C3CC3c3ccccc3)CCC2)cc1. The van der Waals surface area contributed by atoms with Crippen molar-refractivity contribution < 1.29 is 31.2 Å². The molecule has 6 nitrogen and oxygen atoms in total. The topological polar surface area (TPSA) is 92.3 Å². The number of anilines is 1. The fraction of sp³-hybridized carbons (Fsp3) is 0.310. The summed E-state index contributed by atoms with van der Waals surface area (Å²) in [4.78, 5) is 25.2. The number of carbonyl (C=O) groups is 2. The van der Waals surface area contributed by atoms with Crippen LogP contribution in [0.15, 0.2) is 77.7 Å². The van der Waals surface area contributed by atoms with E-state index in [0.717, 1.165) is 49.1 Å². The van der Waals surface area contributed by atoms with E-state index in [1.807, 2.05) is 30.3 Å². The van der Waals surface area contributed by atoms with Crippen LogP contribution in [-0.4, -0.2) is 26.5 Å². The lowest BCUT2D eigenvalue weighted by atomic mass is 9.71. The zero-order valence-corrected chi connectivity index (χ0v) is 21.9. The minimum atomic E-state index is -4.75. The highest BCUT2D eigenvalue weighted by molar-refractivity contribution is 7.90. The molecular formula is C29H27F3N2O4S. The van der Waals surface area contributed by atoms with Gasteiger partial charge in [-0.05, 0) is 73.1 Å². The maximum Gasteiger partial charge on any atom is 0.416 e. The Morgan fingerprint density at radius 1 is 0.949 bits per heavy atom.